The van der Waals surface area contributed by atoms with Gasteiger partial charge in [0.2, 0.25) is 5.91 Å². The van der Waals surface area contributed by atoms with Crippen LogP contribution < -0.4 is 15.6 Å². The SMILES string of the molecule is COc1cccc(CC(=O)N[C@H](Cc2cc(=O)[nH]c(C)n2)c2ccccc2)c1. The van der Waals surface area contributed by atoms with Gasteiger partial charge in [-0.2, -0.15) is 0 Å². The molecular weight excluding hydrogens is 354 g/mol. The molecule has 0 radical (unpaired) electrons. The molecule has 3 aromatic rings. The fourth-order valence-corrected chi connectivity index (χ4v) is 3.11. The Morgan fingerprint density at radius 2 is 1.93 bits per heavy atom. The van der Waals surface area contributed by atoms with Crippen molar-refractivity contribution in [1.29, 1.82) is 0 Å². The molecule has 0 aliphatic heterocycles. The Morgan fingerprint density at radius 1 is 1.14 bits per heavy atom. The molecule has 1 atom stereocenters. The standard InChI is InChI=1S/C22H23N3O3/c1-15-23-18(14-22(27)24-15)13-20(17-8-4-3-5-9-17)25-21(26)12-16-7-6-10-19(11-16)28-2/h3-11,14,20H,12-13H2,1-2H3,(H,25,26)(H,23,24,27)/t20-/m1/s1. The molecule has 0 aliphatic rings. The monoisotopic (exact) mass is 377 g/mol. The van der Waals surface area contributed by atoms with Gasteiger partial charge in [0.25, 0.3) is 5.56 Å². The predicted octanol–water partition coefficient (Wildman–Crippen LogP) is 2.73. The van der Waals surface area contributed by atoms with Gasteiger partial charge in [-0.1, -0.05) is 42.5 Å². The van der Waals surface area contributed by atoms with Crippen molar-refractivity contribution in [2.75, 3.05) is 7.11 Å². The quantitative estimate of drug-likeness (QED) is 0.663. The van der Waals surface area contributed by atoms with Crippen molar-refractivity contribution < 1.29 is 9.53 Å². The number of ether oxygens (including phenoxy) is 1. The van der Waals surface area contributed by atoms with Crippen LogP contribution >= 0.6 is 0 Å². The molecule has 2 aromatic carbocycles. The number of hydrogen-bond acceptors (Lipinski definition) is 4. The minimum Gasteiger partial charge on any atom is -0.497 e. The van der Waals surface area contributed by atoms with E-state index >= 15 is 0 Å². The number of benzene rings is 2. The van der Waals surface area contributed by atoms with Gasteiger partial charge in [0.05, 0.1) is 25.3 Å². The second kappa shape index (κ2) is 8.99. The first-order chi connectivity index (χ1) is 13.5. The lowest BCUT2D eigenvalue weighted by Crippen LogP contribution is -2.31. The van der Waals surface area contributed by atoms with E-state index in [1.807, 2.05) is 54.6 Å². The van der Waals surface area contributed by atoms with Crippen LogP contribution in [0.2, 0.25) is 0 Å². The number of nitrogens with zero attached hydrogens (tertiary/aromatic N) is 1. The summed E-state index contributed by atoms with van der Waals surface area (Å²) < 4.78 is 5.22. The Labute approximate surface area is 163 Å². The minimum absolute atomic E-state index is 0.108. The normalized spacial score (nSPS) is 11.6. The lowest BCUT2D eigenvalue weighted by Gasteiger charge is -2.19. The van der Waals surface area contributed by atoms with Gasteiger partial charge >= 0.3 is 0 Å². The summed E-state index contributed by atoms with van der Waals surface area (Å²) >= 11 is 0. The number of carbonyl (C=O) groups is 1. The number of nitrogens with one attached hydrogen (secondary N) is 2. The smallest absolute Gasteiger partial charge is 0.251 e. The van der Waals surface area contributed by atoms with Crippen molar-refractivity contribution in [3.05, 3.63) is 93.7 Å². The summed E-state index contributed by atoms with van der Waals surface area (Å²) in [5.41, 5.74) is 2.27. The van der Waals surface area contributed by atoms with Crippen molar-refractivity contribution >= 4 is 5.91 Å². The Morgan fingerprint density at radius 3 is 2.64 bits per heavy atom. The van der Waals surface area contributed by atoms with E-state index in [-0.39, 0.29) is 23.9 Å². The minimum atomic E-state index is -0.284. The molecule has 3 rings (SSSR count). The fourth-order valence-electron chi connectivity index (χ4n) is 3.11. The molecule has 6 heteroatoms. The maximum Gasteiger partial charge on any atom is 0.251 e. The van der Waals surface area contributed by atoms with Crippen LogP contribution in [0.5, 0.6) is 5.75 Å². The molecule has 1 aromatic heterocycles. The van der Waals surface area contributed by atoms with E-state index in [0.717, 1.165) is 11.1 Å². The van der Waals surface area contributed by atoms with Crippen LogP contribution in [0.15, 0.2) is 65.5 Å². The molecule has 0 saturated carbocycles. The van der Waals surface area contributed by atoms with E-state index < -0.39 is 0 Å². The number of amides is 1. The first-order valence-electron chi connectivity index (χ1n) is 9.07. The topological polar surface area (TPSA) is 84.1 Å². The molecule has 1 heterocycles. The number of rotatable bonds is 7. The molecule has 0 bridgehead atoms. The highest BCUT2D eigenvalue weighted by Gasteiger charge is 2.17. The maximum absolute atomic E-state index is 12.7. The van der Waals surface area contributed by atoms with Crippen molar-refractivity contribution in [3.63, 3.8) is 0 Å². The molecule has 0 spiro atoms. The van der Waals surface area contributed by atoms with E-state index in [0.29, 0.717) is 23.7 Å². The highest BCUT2D eigenvalue weighted by molar-refractivity contribution is 5.79. The summed E-state index contributed by atoms with van der Waals surface area (Å²) in [6.45, 7) is 1.74. The highest BCUT2D eigenvalue weighted by Crippen LogP contribution is 2.18. The van der Waals surface area contributed by atoms with Crippen LogP contribution in [-0.2, 0) is 17.6 Å². The third-order valence-corrected chi connectivity index (χ3v) is 4.36. The first-order valence-corrected chi connectivity index (χ1v) is 9.07. The summed E-state index contributed by atoms with van der Waals surface area (Å²) in [4.78, 5) is 31.5. The molecule has 0 aliphatic carbocycles. The fraction of sp³-hybridized carbons (Fsp3) is 0.227. The third-order valence-electron chi connectivity index (χ3n) is 4.36. The largest absolute Gasteiger partial charge is 0.497 e. The first kappa shape index (κ1) is 19.4. The van der Waals surface area contributed by atoms with E-state index in [9.17, 15) is 9.59 Å². The highest BCUT2D eigenvalue weighted by atomic mass is 16.5. The van der Waals surface area contributed by atoms with Gasteiger partial charge in [0.15, 0.2) is 0 Å². The summed E-state index contributed by atoms with van der Waals surface area (Å²) in [6, 6.07) is 18.3. The molecule has 0 fully saturated rings. The third kappa shape index (κ3) is 5.30. The van der Waals surface area contributed by atoms with Crippen molar-refractivity contribution in [1.82, 2.24) is 15.3 Å². The van der Waals surface area contributed by atoms with Crippen LogP contribution in [-0.4, -0.2) is 23.0 Å². The second-order valence-electron chi connectivity index (χ2n) is 6.59. The number of carbonyl (C=O) groups excluding carboxylic acids is 1. The zero-order valence-electron chi connectivity index (χ0n) is 15.9. The lowest BCUT2D eigenvalue weighted by molar-refractivity contribution is -0.121. The Hall–Kier alpha value is -3.41. The number of hydrogen-bond donors (Lipinski definition) is 2. The molecule has 1 amide bonds. The molecular formula is C22H23N3O3. The van der Waals surface area contributed by atoms with Gasteiger partial charge in [-0.3, -0.25) is 9.59 Å². The summed E-state index contributed by atoms with van der Waals surface area (Å²) in [7, 11) is 1.60. The molecule has 0 unspecified atom stereocenters. The zero-order valence-corrected chi connectivity index (χ0v) is 15.9. The average Bonchev–Trinajstić information content (AvgIpc) is 2.67. The molecule has 144 valence electrons. The number of H-pyrrole nitrogens is 1. The lowest BCUT2D eigenvalue weighted by atomic mass is 10.0. The summed E-state index contributed by atoms with van der Waals surface area (Å²) in [5, 5.41) is 3.07. The van der Waals surface area contributed by atoms with Gasteiger partial charge in [-0.05, 0) is 30.2 Å². The van der Waals surface area contributed by atoms with Gasteiger partial charge in [-0.15, -0.1) is 0 Å². The van der Waals surface area contributed by atoms with E-state index in [4.69, 9.17) is 4.74 Å². The Bertz CT molecular complexity index is 999. The molecule has 28 heavy (non-hydrogen) atoms. The van der Waals surface area contributed by atoms with Crippen LogP contribution in [0.3, 0.4) is 0 Å². The van der Waals surface area contributed by atoms with Crippen LogP contribution in [0, 0.1) is 6.92 Å². The number of methoxy groups -OCH3 is 1. The van der Waals surface area contributed by atoms with Crippen molar-refractivity contribution in [2.45, 2.75) is 25.8 Å². The van der Waals surface area contributed by atoms with Crippen LogP contribution in [0.4, 0.5) is 0 Å². The Kier molecular flexibility index (Phi) is 6.22. The van der Waals surface area contributed by atoms with Crippen molar-refractivity contribution in [2.24, 2.45) is 0 Å². The number of aryl methyl sites for hydroxylation is 1. The van der Waals surface area contributed by atoms with Gasteiger partial charge in [0.1, 0.15) is 11.6 Å². The van der Waals surface area contributed by atoms with E-state index in [1.165, 1.54) is 6.07 Å². The van der Waals surface area contributed by atoms with Crippen LogP contribution in [0.1, 0.15) is 28.7 Å². The number of aromatic nitrogens is 2. The van der Waals surface area contributed by atoms with Gasteiger partial charge in [-0.25, -0.2) is 4.98 Å². The number of aromatic amines is 1. The van der Waals surface area contributed by atoms with Crippen molar-refractivity contribution in [3.8, 4) is 5.75 Å². The van der Waals surface area contributed by atoms with Gasteiger partial charge < -0.3 is 15.0 Å². The molecule has 6 nitrogen and oxygen atoms in total. The van der Waals surface area contributed by atoms with Crippen LogP contribution in [0.25, 0.3) is 0 Å². The maximum atomic E-state index is 12.7. The predicted molar refractivity (Wildman–Crippen MR) is 107 cm³/mol. The zero-order chi connectivity index (χ0) is 19.9. The molecule has 2 N–H and O–H groups in total. The average molecular weight is 377 g/mol. The second-order valence-corrected chi connectivity index (χ2v) is 6.59. The van der Waals surface area contributed by atoms with E-state index in [1.54, 1.807) is 14.0 Å². The molecule has 0 saturated heterocycles. The van der Waals surface area contributed by atoms with Gasteiger partial charge in [0, 0.05) is 12.5 Å². The van der Waals surface area contributed by atoms with E-state index in [2.05, 4.69) is 15.3 Å². The summed E-state index contributed by atoms with van der Waals surface area (Å²) in [5.74, 6) is 1.16. The Balaban J connectivity index is 1.78. The summed E-state index contributed by atoms with van der Waals surface area (Å²) in [6.07, 6.45) is 0.668.